The average molecular weight is 414 g/mol. The Kier molecular flexibility index (Phi) is 4.81. The number of aromatic nitrogens is 1. The Balaban J connectivity index is 1.92. The minimum atomic E-state index is -4.79. The summed E-state index contributed by atoms with van der Waals surface area (Å²) in [5.41, 5.74) is -0.0809. The molecule has 158 valence electrons. The summed E-state index contributed by atoms with van der Waals surface area (Å²) in [4.78, 5) is 4.48. The van der Waals surface area contributed by atoms with Gasteiger partial charge < -0.3 is 10.4 Å². The molecular weight excluding hydrogens is 389 g/mol. The van der Waals surface area contributed by atoms with E-state index in [1.165, 1.54) is 0 Å². The second-order valence-corrected chi connectivity index (χ2v) is 8.80. The van der Waals surface area contributed by atoms with Crippen LogP contribution in [-0.4, -0.2) is 21.9 Å². The van der Waals surface area contributed by atoms with Crippen LogP contribution in [0.2, 0.25) is 0 Å². The molecule has 30 heavy (non-hydrogen) atoms. The average Bonchev–Trinajstić information content (AvgIpc) is 2.77. The zero-order valence-corrected chi connectivity index (χ0v) is 17.2. The highest BCUT2D eigenvalue weighted by Crippen LogP contribution is 2.51. The van der Waals surface area contributed by atoms with Gasteiger partial charge in [-0.25, -0.2) is 0 Å². The standard InChI is InChI=1S/C24H25F3N2O/c1-15-11-12-17-19(28-15)9-6-10-20(17)29-21-16-7-4-5-8-18(16)22(2,3)13-14-23(21,30)24(25,26)27/h4-12,21,29-30H,13-14H2,1-3H3. The third-order valence-electron chi connectivity index (χ3n) is 6.27. The van der Waals surface area contributed by atoms with Crippen molar-refractivity contribution >= 4 is 16.6 Å². The molecule has 2 N–H and O–H groups in total. The molecule has 3 aromatic rings. The molecule has 1 heterocycles. The van der Waals surface area contributed by atoms with Gasteiger partial charge in [-0.15, -0.1) is 0 Å². The van der Waals surface area contributed by atoms with E-state index in [9.17, 15) is 18.3 Å². The molecule has 4 rings (SSSR count). The van der Waals surface area contributed by atoms with E-state index in [1.807, 2.05) is 51.1 Å². The van der Waals surface area contributed by atoms with Gasteiger partial charge in [-0.3, -0.25) is 4.98 Å². The smallest absolute Gasteiger partial charge is 0.379 e. The molecule has 2 atom stereocenters. The Morgan fingerprint density at radius 2 is 1.73 bits per heavy atom. The molecule has 2 unspecified atom stereocenters. The molecule has 0 amide bonds. The second-order valence-electron chi connectivity index (χ2n) is 8.80. The number of aliphatic hydroxyl groups is 1. The van der Waals surface area contributed by atoms with Crippen molar-refractivity contribution in [2.75, 3.05) is 5.32 Å². The Bertz CT molecular complexity index is 1090. The van der Waals surface area contributed by atoms with E-state index >= 15 is 0 Å². The molecule has 2 aromatic carbocycles. The molecule has 0 aliphatic heterocycles. The highest BCUT2D eigenvalue weighted by atomic mass is 19.4. The Morgan fingerprint density at radius 3 is 2.47 bits per heavy atom. The zero-order valence-electron chi connectivity index (χ0n) is 17.2. The van der Waals surface area contributed by atoms with Gasteiger partial charge in [0.2, 0.25) is 0 Å². The largest absolute Gasteiger partial charge is 0.419 e. The molecule has 0 saturated heterocycles. The normalized spacial score (nSPS) is 23.6. The van der Waals surface area contributed by atoms with Gasteiger partial charge in [-0.1, -0.05) is 44.2 Å². The summed E-state index contributed by atoms with van der Waals surface area (Å²) in [6.45, 7) is 5.72. The third kappa shape index (κ3) is 3.33. The summed E-state index contributed by atoms with van der Waals surface area (Å²) in [6.07, 6.45) is -4.97. The zero-order chi connectivity index (χ0) is 21.7. The number of pyridine rings is 1. The van der Waals surface area contributed by atoms with Crippen molar-refractivity contribution in [1.29, 1.82) is 0 Å². The van der Waals surface area contributed by atoms with Crippen LogP contribution < -0.4 is 5.32 Å². The number of nitrogens with zero attached hydrogens (tertiary/aromatic N) is 1. The van der Waals surface area contributed by atoms with E-state index in [-0.39, 0.29) is 6.42 Å². The fourth-order valence-electron chi connectivity index (χ4n) is 4.45. The van der Waals surface area contributed by atoms with Gasteiger partial charge in [-0.2, -0.15) is 13.2 Å². The van der Waals surface area contributed by atoms with Crippen molar-refractivity contribution in [2.45, 2.75) is 56.8 Å². The van der Waals surface area contributed by atoms with Gasteiger partial charge in [0, 0.05) is 16.8 Å². The number of alkyl halides is 3. The molecule has 0 saturated carbocycles. The number of rotatable bonds is 2. The first-order chi connectivity index (χ1) is 14.0. The topological polar surface area (TPSA) is 45.1 Å². The molecule has 1 aliphatic rings. The molecule has 1 aliphatic carbocycles. The first kappa shape index (κ1) is 20.7. The van der Waals surface area contributed by atoms with Crippen LogP contribution in [0.25, 0.3) is 10.9 Å². The Morgan fingerprint density at radius 1 is 1.00 bits per heavy atom. The van der Waals surface area contributed by atoms with Crippen LogP contribution in [0.5, 0.6) is 0 Å². The summed E-state index contributed by atoms with van der Waals surface area (Å²) in [6, 6.07) is 14.7. The van der Waals surface area contributed by atoms with Crippen LogP contribution >= 0.6 is 0 Å². The van der Waals surface area contributed by atoms with E-state index < -0.39 is 29.7 Å². The van der Waals surface area contributed by atoms with E-state index in [0.29, 0.717) is 22.2 Å². The monoisotopic (exact) mass is 414 g/mol. The number of fused-ring (bicyclic) bond motifs is 2. The highest BCUT2D eigenvalue weighted by molar-refractivity contribution is 5.91. The number of hydrogen-bond donors (Lipinski definition) is 2. The van der Waals surface area contributed by atoms with Crippen LogP contribution in [0, 0.1) is 6.92 Å². The minimum absolute atomic E-state index is 0.217. The molecule has 0 fully saturated rings. The lowest BCUT2D eigenvalue weighted by atomic mass is 9.79. The highest BCUT2D eigenvalue weighted by Gasteiger charge is 2.60. The molecule has 0 radical (unpaired) electrons. The molecule has 0 bridgehead atoms. The third-order valence-corrected chi connectivity index (χ3v) is 6.27. The van der Waals surface area contributed by atoms with Crippen molar-refractivity contribution in [3.05, 3.63) is 71.4 Å². The van der Waals surface area contributed by atoms with Gasteiger partial charge in [0.05, 0.1) is 11.6 Å². The van der Waals surface area contributed by atoms with E-state index in [2.05, 4.69) is 10.3 Å². The summed E-state index contributed by atoms with van der Waals surface area (Å²) in [5, 5.41) is 14.9. The van der Waals surface area contributed by atoms with Gasteiger partial charge in [0.25, 0.3) is 0 Å². The quantitative estimate of drug-likeness (QED) is 0.501. The van der Waals surface area contributed by atoms with Crippen LogP contribution in [0.15, 0.2) is 54.6 Å². The molecule has 6 heteroatoms. The van der Waals surface area contributed by atoms with Crippen molar-refractivity contribution in [1.82, 2.24) is 4.98 Å². The van der Waals surface area contributed by atoms with Crippen LogP contribution in [0.3, 0.4) is 0 Å². The molecule has 3 nitrogen and oxygen atoms in total. The van der Waals surface area contributed by atoms with Crippen LogP contribution in [-0.2, 0) is 5.41 Å². The predicted molar refractivity (Wildman–Crippen MR) is 113 cm³/mol. The fourth-order valence-corrected chi connectivity index (χ4v) is 4.45. The number of anilines is 1. The van der Waals surface area contributed by atoms with Crippen LogP contribution in [0.4, 0.5) is 18.9 Å². The van der Waals surface area contributed by atoms with Crippen molar-refractivity contribution in [3.8, 4) is 0 Å². The summed E-state index contributed by atoms with van der Waals surface area (Å²) < 4.78 is 42.8. The number of nitrogens with one attached hydrogen (secondary N) is 1. The van der Waals surface area contributed by atoms with Gasteiger partial charge >= 0.3 is 6.18 Å². The first-order valence-electron chi connectivity index (χ1n) is 10.0. The molecular formula is C24H25F3N2O. The van der Waals surface area contributed by atoms with Crippen LogP contribution in [0.1, 0.15) is 49.6 Å². The summed E-state index contributed by atoms with van der Waals surface area (Å²) in [7, 11) is 0. The maximum absolute atomic E-state index is 14.3. The van der Waals surface area contributed by atoms with Gasteiger partial charge in [0.15, 0.2) is 5.60 Å². The lowest BCUT2D eigenvalue weighted by Crippen LogP contribution is -2.52. The number of hydrogen-bond acceptors (Lipinski definition) is 3. The number of benzene rings is 2. The van der Waals surface area contributed by atoms with E-state index in [1.54, 1.807) is 24.3 Å². The Hall–Kier alpha value is -2.60. The van der Waals surface area contributed by atoms with Crippen molar-refractivity contribution in [3.63, 3.8) is 0 Å². The lowest BCUT2D eigenvalue weighted by molar-refractivity contribution is -0.269. The second kappa shape index (κ2) is 6.98. The summed E-state index contributed by atoms with van der Waals surface area (Å²) >= 11 is 0. The predicted octanol–water partition coefficient (Wildman–Crippen LogP) is 6.06. The SMILES string of the molecule is Cc1ccc2c(NC3c4ccccc4C(C)(C)CCC3(O)C(F)(F)F)cccc2n1. The Labute approximate surface area is 174 Å². The first-order valence-corrected chi connectivity index (χ1v) is 10.0. The maximum atomic E-state index is 14.3. The minimum Gasteiger partial charge on any atom is -0.379 e. The van der Waals surface area contributed by atoms with Crippen molar-refractivity contribution < 1.29 is 18.3 Å². The number of halogens is 3. The number of aryl methyl sites for hydroxylation is 1. The fraction of sp³-hybridized carbons (Fsp3) is 0.375. The molecule has 0 spiro atoms. The lowest BCUT2D eigenvalue weighted by Gasteiger charge is -2.38. The van der Waals surface area contributed by atoms with Gasteiger partial charge in [0.1, 0.15) is 0 Å². The maximum Gasteiger partial charge on any atom is 0.419 e. The van der Waals surface area contributed by atoms with E-state index in [0.717, 1.165) is 11.3 Å². The summed E-state index contributed by atoms with van der Waals surface area (Å²) in [5.74, 6) is 0. The van der Waals surface area contributed by atoms with Gasteiger partial charge in [-0.05, 0) is 60.6 Å². The van der Waals surface area contributed by atoms with Crippen molar-refractivity contribution in [2.24, 2.45) is 0 Å². The molecule has 1 aromatic heterocycles. The van der Waals surface area contributed by atoms with E-state index in [4.69, 9.17) is 0 Å².